The third-order valence-corrected chi connectivity index (χ3v) is 3.76. The van der Waals surface area contributed by atoms with E-state index in [-0.39, 0.29) is 5.88 Å². The first-order valence-electron chi connectivity index (χ1n) is 8.53. The number of hydrogen-bond acceptors (Lipinski definition) is 4. The summed E-state index contributed by atoms with van der Waals surface area (Å²) < 4.78 is 46.8. The Labute approximate surface area is 161 Å². The van der Waals surface area contributed by atoms with Crippen LogP contribution in [-0.2, 0) is 13.1 Å². The van der Waals surface area contributed by atoms with Crippen molar-refractivity contribution < 1.29 is 22.6 Å². The number of pyridine rings is 1. The fraction of sp³-hybridized carbons (Fsp3) is 0.368. The van der Waals surface area contributed by atoms with Gasteiger partial charge in [-0.25, -0.2) is 4.98 Å². The lowest BCUT2D eigenvalue weighted by molar-refractivity contribution is -0.154. The molecular formula is C19H23F3N4O2. The Morgan fingerprint density at radius 2 is 1.89 bits per heavy atom. The third-order valence-electron chi connectivity index (χ3n) is 3.76. The fourth-order valence-corrected chi connectivity index (χ4v) is 2.38. The van der Waals surface area contributed by atoms with E-state index in [0.29, 0.717) is 24.6 Å². The minimum Gasteiger partial charge on any atom is -0.496 e. The van der Waals surface area contributed by atoms with Gasteiger partial charge in [0, 0.05) is 38.0 Å². The Hall–Kier alpha value is -2.97. The van der Waals surface area contributed by atoms with Gasteiger partial charge in [-0.1, -0.05) is 12.1 Å². The highest BCUT2D eigenvalue weighted by Crippen LogP contribution is 2.20. The highest BCUT2D eigenvalue weighted by molar-refractivity contribution is 5.79. The maximum atomic E-state index is 12.2. The molecule has 0 fully saturated rings. The highest BCUT2D eigenvalue weighted by Gasteiger charge is 2.28. The van der Waals surface area contributed by atoms with Gasteiger partial charge in [-0.15, -0.1) is 0 Å². The number of aliphatic imine (C=N–C) groups is 1. The summed E-state index contributed by atoms with van der Waals surface area (Å²) in [6.45, 7) is 1.45. The van der Waals surface area contributed by atoms with Gasteiger partial charge in [-0.2, -0.15) is 13.2 Å². The van der Waals surface area contributed by atoms with Crippen molar-refractivity contribution in [3.05, 3.63) is 53.2 Å². The van der Waals surface area contributed by atoms with Gasteiger partial charge in [-0.3, -0.25) is 4.99 Å². The molecule has 28 heavy (non-hydrogen) atoms. The highest BCUT2D eigenvalue weighted by atomic mass is 19.4. The zero-order chi connectivity index (χ0) is 20.6. The van der Waals surface area contributed by atoms with E-state index in [1.165, 1.54) is 12.3 Å². The molecule has 0 unspecified atom stereocenters. The molecule has 0 aliphatic rings. The molecule has 2 rings (SSSR count). The van der Waals surface area contributed by atoms with E-state index in [0.717, 1.165) is 16.9 Å². The van der Waals surface area contributed by atoms with Crippen LogP contribution in [0.15, 0.2) is 41.5 Å². The summed E-state index contributed by atoms with van der Waals surface area (Å²) in [5, 5.41) is 6.27. The van der Waals surface area contributed by atoms with Crippen molar-refractivity contribution in [2.75, 3.05) is 20.8 Å². The standard InChI is InChI=1S/C19H23F3N4O2/c1-13-4-5-15(16(8-13)27-3)11-26-18(23-2)25-10-14-6-7-24-17(9-14)28-12-19(20,21)22/h4-9H,10-12H2,1-3H3,(H2,23,25,26). The van der Waals surface area contributed by atoms with E-state index in [2.05, 4.69) is 25.3 Å². The van der Waals surface area contributed by atoms with Crippen LogP contribution in [0.1, 0.15) is 16.7 Å². The average Bonchev–Trinajstić information content (AvgIpc) is 2.67. The second kappa shape index (κ2) is 9.82. The van der Waals surface area contributed by atoms with E-state index < -0.39 is 12.8 Å². The number of ether oxygens (including phenoxy) is 2. The van der Waals surface area contributed by atoms with Crippen molar-refractivity contribution in [3.8, 4) is 11.6 Å². The summed E-state index contributed by atoms with van der Waals surface area (Å²) in [5.41, 5.74) is 2.79. The van der Waals surface area contributed by atoms with E-state index in [4.69, 9.17) is 4.74 Å². The average molecular weight is 396 g/mol. The molecule has 9 heteroatoms. The number of hydrogen-bond donors (Lipinski definition) is 2. The van der Waals surface area contributed by atoms with E-state index >= 15 is 0 Å². The summed E-state index contributed by atoms with van der Waals surface area (Å²) in [6, 6.07) is 9.06. The van der Waals surface area contributed by atoms with Crippen LogP contribution in [0.3, 0.4) is 0 Å². The van der Waals surface area contributed by atoms with Gasteiger partial charge in [0.05, 0.1) is 7.11 Å². The number of rotatable bonds is 7. The Balaban J connectivity index is 1.90. The van der Waals surface area contributed by atoms with Crippen LogP contribution in [0.2, 0.25) is 0 Å². The summed E-state index contributed by atoms with van der Waals surface area (Å²) in [5.74, 6) is 1.24. The molecule has 0 bridgehead atoms. The van der Waals surface area contributed by atoms with E-state index in [1.54, 1.807) is 20.2 Å². The largest absolute Gasteiger partial charge is 0.496 e. The quantitative estimate of drug-likeness (QED) is 0.556. The molecule has 0 atom stereocenters. The molecule has 0 radical (unpaired) electrons. The number of halogens is 3. The molecule has 0 saturated heterocycles. The lowest BCUT2D eigenvalue weighted by atomic mass is 10.1. The predicted molar refractivity (Wildman–Crippen MR) is 101 cm³/mol. The molecule has 0 amide bonds. The fourth-order valence-electron chi connectivity index (χ4n) is 2.38. The maximum Gasteiger partial charge on any atom is 0.422 e. The molecule has 0 aliphatic carbocycles. The summed E-state index contributed by atoms with van der Waals surface area (Å²) in [4.78, 5) is 7.92. The molecule has 6 nitrogen and oxygen atoms in total. The van der Waals surface area contributed by atoms with Crippen molar-refractivity contribution in [2.24, 2.45) is 4.99 Å². The number of benzene rings is 1. The number of methoxy groups -OCH3 is 1. The summed E-state index contributed by atoms with van der Waals surface area (Å²) in [7, 11) is 3.25. The maximum absolute atomic E-state index is 12.2. The molecule has 1 aromatic heterocycles. The summed E-state index contributed by atoms with van der Waals surface area (Å²) in [6.07, 6.45) is -3.00. The van der Waals surface area contributed by atoms with Gasteiger partial charge in [-0.05, 0) is 30.2 Å². The number of aromatic nitrogens is 1. The third kappa shape index (κ3) is 6.98. The monoisotopic (exact) mass is 396 g/mol. The number of alkyl halides is 3. The van der Waals surface area contributed by atoms with Gasteiger partial charge in [0.15, 0.2) is 12.6 Å². The molecule has 2 aromatic rings. The van der Waals surface area contributed by atoms with Gasteiger partial charge in [0.2, 0.25) is 5.88 Å². The molecule has 2 N–H and O–H groups in total. The predicted octanol–water partition coefficient (Wildman–Crippen LogP) is 3.20. The first-order chi connectivity index (χ1) is 13.3. The molecule has 1 heterocycles. The van der Waals surface area contributed by atoms with Crippen LogP contribution in [0.4, 0.5) is 13.2 Å². The number of nitrogens with zero attached hydrogens (tertiary/aromatic N) is 2. The van der Waals surface area contributed by atoms with Crippen molar-refractivity contribution >= 4 is 5.96 Å². The van der Waals surface area contributed by atoms with Gasteiger partial charge in [0.25, 0.3) is 0 Å². The van der Waals surface area contributed by atoms with Gasteiger partial charge in [0.1, 0.15) is 5.75 Å². The lowest BCUT2D eigenvalue weighted by Gasteiger charge is -2.14. The van der Waals surface area contributed by atoms with Crippen molar-refractivity contribution in [3.63, 3.8) is 0 Å². The SMILES string of the molecule is CN=C(NCc1ccnc(OCC(F)(F)F)c1)NCc1ccc(C)cc1OC. The lowest BCUT2D eigenvalue weighted by Crippen LogP contribution is -2.36. The van der Waals surface area contributed by atoms with Crippen LogP contribution < -0.4 is 20.1 Å². The first-order valence-corrected chi connectivity index (χ1v) is 8.53. The van der Waals surface area contributed by atoms with Crippen molar-refractivity contribution in [1.82, 2.24) is 15.6 Å². The first kappa shape index (κ1) is 21.3. The molecule has 1 aromatic carbocycles. The van der Waals surface area contributed by atoms with Crippen LogP contribution in [-0.4, -0.2) is 37.9 Å². The minimum atomic E-state index is -4.40. The Morgan fingerprint density at radius 1 is 1.14 bits per heavy atom. The molecule has 0 spiro atoms. The molecular weight excluding hydrogens is 373 g/mol. The second-order valence-corrected chi connectivity index (χ2v) is 6.00. The van der Waals surface area contributed by atoms with Crippen LogP contribution in [0.5, 0.6) is 11.6 Å². The Kier molecular flexibility index (Phi) is 7.48. The minimum absolute atomic E-state index is 0.0797. The zero-order valence-electron chi connectivity index (χ0n) is 15.9. The normalized spacial score (nSPS) is 11.9. The Bertz CT molecular complexity index is 810. The Morgan fingerprint density at radius 3 is 2.57 bits per heavy atom. The zero-order valence-corrected chi connectivity index (χ0v) is 15.9. The number of guanidine groups is 1. The molecule has 152 valence electrons. The molecule has 0 aliphatic heterocycles. The van der Waals surface area contributed by atoms with Crippen molar-refractivity contribution in [2.45, 2.75) is 26.2 Å². The van der Waals surface area contributed by atoms with Crippen LogP contribution in [0, 0.1) is 6.92 Å². The van der Waals surface area contributed by atoms with E-state index in [1.807, 2.05) is 25.1 Å². The second-order valence-electron chi connectivity index (χ2n) is 6.00. The number of aryl methyl sites for hydroxylation is 1. The van der Waals surface area contributed by atoms with Crippen LogP contribution >= 0.6 is 0 Å². The summed E-state index contributed by atoms with van der Waals surface area (Å²) >= 11 is 0. The molecule has 0 saturated carbocycles. The topological polar surface area (TPSA) is 67.8 Å². The number of nitrogens with one attached hydrogen (secondary N) is 2. The van der Waals surface area contributed by atoms with Crippen LogP contribution in [0.25, 0.3) is 0 Å². The smallest absolute Gasteiger partial charge is 0.422 e. The van der Waals surface area contributed by atoms with Gasteiger partial charge >= 0.3 is 6.18 Å². The van der Waals surface area contributed by atoms with Crippen molar-refractivity contribution in [1.29, 1.82) is 0 Å². The van der Waals surface area contributed by atoms with Gasteiger partial charge < -0.3 is 20.1 Å². The van der Waals surface area contributed by atoms with E-state index in [9.17, 15) is 13.2 Å².